The molecule has 1 aromatic carbocycles. The van der Waals surface area contributed by atoms with Gasteiger partial charge in [-0.1, -0.05) is 18.0 Å². The van der Waals surface area contributed by atoms with Crippen LogP contribution in [0.2, 0.25) is 0 Å². The molecular formula is C23H29N3O5S. The zero-order valence-electron chi connectivity index (χ0n) is 18.5. The average molecular weight is 460 g/mol. The molecule has 4 heterocycles. The topological polar surface area (TPSA) is 76.4 Å². The Bertz CT molecular complexity index is 1050. The summed E-state index contributed by atoms with van der Waals surface area (Å²) < 4.78 is 20.6. The molecule has 3 aliphatic rings. The predicted molar refractivity (Wildman–Crippen MR) is 124 cm³/mol. The Kier molecular flexibility index (Phi) is 6.18. The van der Waals surface area contributed by atoms with E-state index < -0.39 is 0 Å². The molecule has 0 aliphatic carbocycles. The molecule has 0 unspecified atom stereocenters. The van der Waals surface area contributed by atoms with Gasteiger partial charge >= 0.3 is 0 Å². The molecule has 5 rings (SSSR count). The third kappa shape index (κ3) is 4.04. The summed E-state index contributed by atoms with van der Waals surface area (Å²) >= 11 is 1.34. The lowest BCUT2D eigenvalue weighted by atomic mass is 9.93. The summed E-state index contributed by atoms with van der Waals surface area (Å²) in [6, 6.07) is 8.19. The first-order chi connectivity index (χ1) is 15.5. The Morgan fingerprint density at radius 2 is 2.12 bits per heavy atom. The molecular weight excluding hydrogens is 430 g/mol. The van der Waals surface area contributed by atoms with Crippen LogP contribution in [0.5, 0.6) is 5.88 Å². The van der Waals surface area contributed by atoms with Gasteiger partial charge in [-0.3, -0.25) is 4.79 Å². The van der Waals surface area contributed by atoms with Crippen molar-refractivity contribution >= 4 is 17.6 Å². The van der Waals surface area contributed by atoms with Crippen molar-refractivity contribution in [3.8, 4) is 17.1 Å². The summed E-state index contributed by atoms with van der Waals surface area (Å²) in [5.74, 6) is 0.588. The van der Waals surface area contributed by atoms with E-state index in [-0.39, 0.29) is 17.6 Å². The summed E-state index contributed by atoms with van der Waals surface area (Å²) in [7, 11) is 0. The second-order valence-corrected chi connectivity index (χ2v) is 9.23. The Balaban J connectivity index is 1.39. The van der Waals surface area contributed by atoms with Crippen LogP contribution in [0.4, 0.5) is 5.69 Å². The molecule has 1 aromatic heterocycles. The minimum absolute atomic E-state index is 0.0188. The van der Waals surface area contributed by atoms with Crippen molar-refractivity contribution in [3.63, 3.8) is 0 Å². The predicted octanol–water partition coefficient (Wildman–Crippen LogP) is 2.33. The van der Waals surface area contributed by atoms with Crippen molar-refractivity contribution in [1.29, 1.82) is 0 Å². The largest absolute Gasteiger partial charge is 0.476 e. The molecule has 2 aromatic rings. The van der Waals surface area contributed by atoms with E-state index in [2.05, 4.69) is 27.7 Å². The highest BCUT2D eigenvalue weighted by atomic mass is 32.2. The Hall–Kier alpha value is -2.04. The number of hydroxylamine groups is 1. The smallest absolute Gasteiger partial charge is 0.197 e. The molecule has 172 valence electrons. The first-order valence-electron chi connectivity index (χ1n) is 11.0. The molecule has 1 N–H and O–H groups in total. The average Bonchev–Trinajstić information content (AvgIpc) is 2.79. The summed E-state index contributed by atoms with van der Waals surface area (Å²) in [5.41, 5.74) is 5.14. The van der Waals surface area contributed by atoms with Crippen LogP contribution in [0.15, 0.2) is 29.1 Å². The highest BCUT2D eigenvalue weighted by molar-refractivity contribution is 7.96. The third-order valence-corrected chi connectivity index (χ3v) is 7.17. The molecule has 9 heteroatoms. The van der Waals surface area contributed by atoms with Crippen LogP contribution in [-0.2, 0) is 22.4 Å². The van der Waals surface area contributed by atoms with Gasteiger partial charge in [0, 0.05) is 42.5 Å². The molecule has 0 spiro atoms. The molecule has 2 fully saturated rings. The molecule has 0 saturated carbocycles. The maximum Gasteiger partial charge on any atom is 0.197 e. The zero-order chi connectivity index (χ0) is 22.2. The molecule has 3 aliphatic heterocycles. The quantitative estimate of drug-likeness (QED) is 0.521. The summed E-state index contributed by atoms with van der Waals surface area (Å²) in [5, 5.41) is 9.86. The van der Waals surface area contributed by atoms with Crippen molar-refractivity contribution in [2.45, 2.75) is 32.0 Å². The number of nitrogens with zero attached hydrogens (tertiary/aromatic N) is 3. The van der Waals surface area contributed by atoms with Gasteiger partial charge in [0.2, 0.25) is 0 Å². The second-order valence-electron chi connectivity index (χ2n) is 8.49. The maximum atomic E-state index is 12.7. The highest BCUT2D eigenvalue weighted by Gasteiger charge is 2.32. The minimum Gasteiger partial charge on any atom is -0.476 e. The second kappa shape index (κ2) is 9.07. The first kappa shape index (κ1) is 21.8. The molecule has 0 amide bonds. The fourth-order valence-electron chi connectivity index (χ4n) is 4.63. The Morgan fingerprint density at radius 3 is 2.88 bits per heavy atom. The lowest BCUT2D eigenvalue weighted by Crippen LogP contribution is -2.57. The number of hydrogen-bond donors (Lipinski definition) is 1. The fourth-order valence-corrected chi connectivity index (χ4v) is 5.06. The highest BCUT2D eigenvalue weighted by Crippen LogP contribution is 2.37. The van der Waals surface area contributed by atoms with E-state index in [0.29, 0.717) is 32.3 Å². The van der Waals surface area contributed by atoms with Crippen molar-refractivity contribution in [2.75, 3.05) is 50.7 Å². The Morgan fingerprint density at radius 1 is 1.28 bits per heavy atom. The van der Waals surface area contributed by atoms with Crippen LogP contribution in [0.3, 0.4) is 0 Å². The number of aryl methyl sites for hydroxylation is 1. The van der Waals surface area contributed by atoms with E-state index in [4.69, 9.17) is 14.2 Å². The number of fused-ring (bicyclic) bond motifs is 3. The van der Waals surface area contributed by atoms with Gasteiger partial charge in [-0.05, 0) is 37.3 Å². The Labute approximate surface area is 191 Å². The van der Waals surface area contributed by atoms with Gasteiger partial charge in [-0.15, -0.1) is 4.47 Å². The number of pyridine rings is 1. The maximum absolute atomic E-state index is 12.7. The molecule has 2 saturated heterocycles. The zero-order valence-corrected chi connectivity index (χ0v) is 19.3. The van der Waals surface area contributed by atoms with Gasteiger partial charge < -0.3 is 28.9 Å². The number of benzene rings is 1. The standard InChI is InChI=1S/C23H29N3O5S/c1-15-21(27)10-22(31-14-19-13-29-7-8-30-19)25-6-5-16-9-17(3-4-20(16)23(15)25)24-11-18(12-24)26(28)32-2/h3-4,9-10,18-19,28H,5-8,11-14H2,1-2H3/t19-/m0/s1. The van der Waals surface area contributed by atoms with Gasteiger partial charge in [0.05, 0.1) is 31.6 Å². The van der Waals surface area contributed by atoms with Crippen LogP contribution in [0.1, 0.15) is 11.1 Å². The number of rotatable bonds is 6. The molecule has 8 nitrogen and oxygen atoms in total. The van der Waals surface area contributed by atoms with Crippen molar-refractivity contribution in [1.82, 2.24) is 9.04 Å². The van der Waals surface area contributed by atoms with Gasteiger partial charge in [0.1, 0.15) is 12.7 Å². The molecule has 0 radical (unpaired) electrons. The SMILES string of the molecule is CSN(O)C1CN(c2ccc3c(c2)CCn2c(OC[C@@H]4COCCO4)cc(=O)c(C)c2-3)C1. The van der Waals surface area contributed by atoms with Crippen LogP contribution >= 0.6 is 11.9 Å². The summed E-state index contributed by atoms with van der Waals surface area (Å²) in [4.78, 5) is 15.0. The monoisotopic (exact) mass is 459 g/mol. The van der Waals surface area contributed by atoms with Crippen molar-refractivity contribution in [2.24, 2.45) is 0 Å². The van der Waals surface area contributed by atoms with Crippen molar-refractivity contribution < 1.29 is 19.4 Å². The van der Waals surface area contributed by atoms with Crippen LogP contribution in [-0.4, -0.2) is 72.2 Å². The van der Waals surface area contributed by atoms with Crippen molar-refractivity contribution in [3.05, 3.63) is 45.6 Å². The van der Waals surface area contributed by atoms with E-state index >= 15 is 0 Å². The van der Waals surface area contributed by atoms with E-state index in [1.165, 1.54) is 22.0 Å². The molecule has 1 atom stereocenters. The van der Waals surface area contributed by atoms with Crippen LogP contribution in [0.25, 0.3) is 11.3 Å². The number of hydrogen-bond acceptors (Lipinski definition) is 8. The van der Waals surface area contributed by atoms with Crippen LogP contribution in [0, 0.1) is 6.92 Å². The van der Waals surface area contributed by atoms with Gasteiger partial charge in [0.15, 0.2) is 11.3 Å². The first-order valence-corrected chi connectivity index (χ1v) is 12.2. The lowest BCUT2D eigenvalue weighted by Gasteiger charge is -2.43. The van der Waals surface area contributed by atoms with E-state index in [0.717, 1.165) is 48.6 Å². The lowest BCUT2D eigenvalue weighted by molar-refractivity contribution is -0.102. The third-order valence-electron chi connectivity index (χ3n) is 6.49. The summed E-state index contributed by atoms with van der Waals surface area (Å²) in [6.45, 7) is 6.30. The van der Waals surface area contributed by atoms with E-state index in [1.54, 1.807) is 6.07 Å². The number of anilines is 1. The number of aromatic nitrogens is 1. The minimum atomic E-state index is -0.115. The van der Waals surface area contributed by atoms with Crippen LogP contribution < -0.4 is 15.1 Å². The van der Waals surface area contributed by atoms with E-state index in [1.807, 2.05) is 13.2 Å². The molecule has 0 bridgehead atoms. The van der Waals surface area contributed by atoms with Gasteiger partial charge in [0.25, 0.3) is 0 Å². The number of ether oxygens (including phenoxy) is 3. The van der Waals surface area contributed by atoms with E-state index in [9.17, 15) is 10.0 Å². The summed E-state index contributed by atoms with van der Waals surface area (Å²) in [6.07, 6.45) is 2.62. The van der Waals surface area contributed by atoms with Gasteiger partial charge in [-0.25, -0.2) is 0 Å². The fraction of sp³-hybridized carbons (Fsp3) is 0.522. The normalized spacial score (nSPS) is 20.6. The van der Waals surface area contributed by atoms with Gasteiger partial charge in [-0.2, -0.15) is 0 Å². The molecule has 32 heavy (non-hydrogen) atoms.